The molecule has 1 atom stereocenters. The molecule has 0 aliphatic carbocycles. The minimum atomic E-state index is -0.482. The molecule has 0 bridgehead atoms. The van der Waals surface area contributed by atoms with E-state index in [1.54, 1.807) is 0 Å². The van der Waals surface area contributed by atoms with Crippen molar-refractivity contribution in [1.82, 2.24) is 5.32 Å². The van der Waals surface area contributed by atoms with Gasteiger partial charge in [0.15, 0.2) is 0 Å². The number of carbonyl (C=O) groups excluding carboxylic acids is 1. The van der Waals surface area contributed by atoms with Crippen LogP contribution in [0.15, 0.2) is 0 Å². The number of nitrogens with one attached hydrogen (secondary N) is 1. The summed E-state index contributed by atoms with van der Waals surface area (Å²) in [5, 5.41) is 12.0. The number of amides is 1. The Morgan fingerprint density at radius 3 is 2.25 bits per heavy atom. The smallest absolute Gasteiger partial charge is 0.407 e. The molecule has 0 saturated heterocycles. The van der Waals surface area contributed by atoms with Crippen molar-refractivity contribution in [3.8, 4) is 0 Å². The Balaban J connectivity index is 4.07. The molecule has 0 aromatic rings. The van der Waals surface area contributed by atoms with Crippen LogP contribution in [-0.2, 0) is 4.74 Å². The number of alkyl carbamates (subject to hydrolysis) is 1. The van der Waals surface area contributed by atoms with Gasteiger partial charge in [0.1, 0.15) is 5.60 Å². The van der Waals surface area contributed by atoms with Crippen LogP contribution in [0.1, 0.15) is 47.5 Å². The van der Waals surface area contributed by atoms with Crippen LogP contribution in [0.25, 0.3) is 0 Å². The SMILES string of the molecule is CCCC(C)(CO)CNC(=O)OC(C)(C)C. The van der Waals surface area contributed by atoms with Crippen molar-refractivity contribution in [1.29, 1.82) is 0 Å². The standard InChI is InChI=1S/C12H25NO3/c1-6-7-12(5,9-14)8-13-10(15)16-11(2,3)4/h14H,6-9H2,1-5H3,(H,13,15). The normalized spacial score (nSPS) is 15.4. The van der Waals surface area contributed by atoms with E-state index in [2.05, 4.69) is 12.2 Å². The van der Waals surface area contributed by atoms with E-state index in [1.807, 2.05) is 27.7 Å². The average molecular weight is 231 g/mol. The molecule has 0 aromatic carbocycles. The number of rotatable bonds is 5. The lowest BCUT2D eigenvalue weighted by molar-refractivity contribution is 0.0472. The zero-order valence-corrected chi connectivity index (χ0v) is 11.1. The van der Waals surface area contributed by atoms with Crippen LogP contribution in [-0.4, -0.2) is 30.0 Å². The Kier molecular flexibility index (Phi) is 5.79. The van der Waals surface area contributed by atoms with E-state index in [9.17, 15) is 9.90 Å². The number of hydrogen-bond acceptors (Lipinski definition) is 3. The summed E-state index contributed by atoms with van der Waals surface area (Å²) in [5.74, 6) is 0. The largest absolute Gasteiger partial charge is 0.444 e. The second kappa shape index (κ2) is 6.09. The number of carbonyl (C=O) groups is 1. The maximum atomic E-state index is 11.4. The molecule has 0 spiro atoms. The minimum absolute atomic E-state index is 0.0661. The van der Waals surface area contributed by atoms with Crippen molar-refractivity contribution in [2.75, 3.05) is 13.2 Å². The lowest BCUT2D eigenvalue weighted by Crippen LogP contribution is -2.40. The maximum Gasteiger partial charge on any atom is 0.407 e. The molecule has 0 aliphatic heterocycles. The number of aliphatic hydroxyl groups is 1. The highest BCUT2D eigenvalue weighted by Gasteiger charge is 2.24. The molecule has 0 saturated carbocycles. The third kappa shape index (κ3) is 6.67. The first-order valence-electron chi connectivity index (χ1n) is 5.80. The van der Waals surface area contributed by atoms with E-state index in [1.165, 1.54) is 0 Å². The molecule has 2 N–H and O–H groups in total. The van der Waals surface area contributed by atoms with E-state index in [-0.39, 0.29) is 12.0 Å². The van der Waals surface area contributed by atoms with E-state index in [4.69, 9.17) is 4.74 Å². The van der Waals surface area contributed by atoms with Gasteiger partial charge in [0, 0.05) is 12.0 Å². The van der Waals surface area contributed by atoms with Crippen LogP contribution in [0.5, 0.6) is 0 Å². The molecule has 0 radical (unpaired) electrons. The quantitative estimate of drug-likeness (QED) is 0.763. The number of hydrogen-bond donors (Lipinski definition) is 2. The molecule has 0 fully saturated rings. The first kappa shape index (κ1) is 15.2. The van der Waals surface area contributed by atoms with Gasteiger partial charge in [0.2, 0.25) is 0 Å². The van der Waals surface area contributed by atoms with E-state index >= 15 is 0 Å². The first-order chi connectivity index (χ1) is 7.22. The average Bonchev–Trinajstić information content (AvgIpc) is 2.13. The summed E-state index contributed by atoms with van der Waals surface area (Å²) in [6, 6.07) is 0. The maximum absolute atomic E-state index is 11.4. The van der Waals surface area contributed by atoms with Crippen LogP contribution in [0.4, 0.5) is 4.79 Å². The fourth-order valence-electron chi connectivity index (χ4n) is 1.43. The van der Waals surface area contributed by atoms with Gasteiger partial charge in [-0.15, -0.1) is 0 Å². The number of ether oxygens (including phenoxy) is 1. The summed E-state index contributed by atoms with van der Waals surface area (Å²) >= 11 is 0. The Morgan fingerprint density at radius 2 is 1.88 bits per heavy atom. The molecule has 16 heavy (non-hydrogen) atoms. The highest BCUT2D eigenvalue weighted by molar-refractivity contribution is 5.67. The molecule has 0 aliphatic rings. The highest BCUT2D eigenvalue weighted by Crippen LogP contribution is 2.21. The molecule has 0 rings (SSSR count). The Hall–Kier alpha value is -0.770. The van der Waals surface area contributed by atoms with Crippen molar-refractivity contribution < 1.29 is 14.6 Å². The van der Waals surface area contributed by atoms with Crippen molar-refractivity contribution >= 4 is 6.09 Å². The van der Waals surface area contributed by atoms with E-state index < -0.39 is 11.7 Å². The first-order valence-corrected chi connectivity index (χ1v) is 5.80. The third-order valence-corrected chi connectivity index (χ3v) is 2.29. The Labute approximate surface area is 98.4 Å². The van der Waals surface area contributed by atoms with Crippen molar-refractivity contribution in [2.45, 2.75) is 53.1 Å². The van der Waals surface area contributed by atoms with Crippen LogP contribution >= 0.6 is 0 Å². The molecule has 0 aromatic heterocycles. The molecular weight excluding hydrogens is 206 g/mol. The summed E-state index contributed by atoms with van der Waals surface area (Å²) in [6.07, 6.45) is 1.43. The predicted molar refractivity (Wildman–Crippen MR) is 64.3 cm³/mol. The summed E-state index contributed by atoms with van der Waals surface area (Å²) in [4.78, 5) is 11.4. The van der Waals surface area contributed by atoms with Gasteiger partial charge in [-0.2, -0.15) is 0 Å². The Morgan fingerprint density at radius 1 is 1.31 bits per heavy atom. The monoisotopic (exact) mass is 231 g/mol. The highest BCUT2D eigenvalue weighted by atomic mass is 16.6. The summed E-state index contributed by atoms with van der Waals surface area (Å²) in [7, 11) is 0. The zero-order valence-electron chi connectivity index (χ0n) is 11.1. The predicted octanol–water partition coefficient (Wildman–Crippen LogP) is 2.31. The van der Waals surface area contributed by atoms with Crippen molar-refractivity contribution in [3.63, 3.8) is 0 Å². The van der Waals surface area contributed by atoms with Crippen LogP contribution in [0, 0.1) is 5.41 Å². The van der Waals surface area contributed by atoms with Gasteiger partial charge in [-0.1, -0.05) is 20.3 Å². The van der Waals surface area contributed by atoms with Crippen LogP contribution in [0.2, 0.25) is 0 Å². The van der Waals surface area contributed by atoms with Gasteiger partial charge in [-0.05, 0) is 27.2 Å². The summed E-state index contributed by atoms with van der Waals surface area (Å²) in [6.45, 7) is 9.98. The van der Waals surface area contributed by atoms with Gasteiger partial charge in [-0.25, -0.2) is 4.79 Å². The number of aliphatic hydroxyl groups excluding tert-OH is 1. The topological polar surface area (TPSA) is 58.6 Å². The van der Waals surface area contributed by atoms with Crippen LogP contribution < -0.4 is 5.32 Å². The summed E-state index contributed by atoms with van der Waals surface area (Å²) < 4.78 is 5.12. The lowest BCUT2D eigenvalue weighted by atomic mass is 9.86. The van der Waals surface area contributed by atoms with Crippen molar-refractivity contribution in [3.05, 3.63) is 0 Å². The molecule has 4 heteroatoms. The molecule has 0 heterocycles. The van der Waals surface area contributed by atoms with Gasteiger partial charge >= 0.3 is 6.09 Å². The Bertz CT molecular complexity index is 223. The van der Waals surface area contributed by atoms with Crippen molar-refractivity contribution in [2.24, 2.45) is 5.41 Å². The summed E-state index contributed by atoms with van der Waals surface area (Å²) in [5.41, 5.74) is -0.740. The fourth-order valence-corrected chi connectivity index (χ4v) is 1.43. The van der Waals surface area contributed by atoms with E-state index in [0.717, 1.165) is 12.8 Å². The van der Waals surface area contributed by atoms with E-state index in [0.29, 0.717) is 6.54 Å². The molecular formula is C12H25NO3. The van der Waals surface area contributed by atoms with Gasteiger partial charge in [0.05, 0.1) is 6.61 Å². The minimum Gasteiger partial charge on any atom is -0.444 e. The lowest BCUT2D eigenvalue weighted by Gasteiger charge is -2.28. The zero-order chi connectivity index (χ0) is 12.8. The molecule has 4 nitrogen and oxygen atoms in total. The second-order valence-corrected chi connectivity index (χ2v) is 5.57. The second-order valence-electron chi connectivity index (χ2n) is 5.57. The van der Waals surface area contributed by atoms with Crippen LogP contribution in [0.3, 0.4) is 0 Å². The van der Waals surface area contributed by atoms with Gasteiger partial charge in [0.25, 0.3) is 0 Å². The molecule has 96 valence electrons. The third-order valence-electron chi connectivity index (χ3n) is 2.29. The van der Waals surface area contributed by atoms with Gasteiger partial charge < -0.3 is 15.2 Å². The molecule has 1 unspecified atom stereocenters. The molecule has 1 amide bonds. The van der Waals surface area contributed by atoms with Gasteiger partial charge in [-0.3, -0.25) is 0 Å². The fraction of sp³-hybridized carbons (Fsp3) is 0.917.